The second kappa shape index (κ2) is 64.6. The van der Waals surface area contributed by atoms with E-state index in [9.17, 15) is 24.3 Å². The van der Waals surface area contributed by atoms with Gasteiger partial charge in [-0.2, -0.15) is 0 Å². The van der Waals surface area contributed by atoms with Crippen LogP contribution in [0.2, 0.25) is 0 Å². The molecule has 4 saturated carbocycles. The van der Waals surface area contributed by atoms with Crippen molar-refractivity contribution in [1.82, 2.24) is 51.5 Å². The lowest BCUT2D eigenvalue weighted by Gasteiger charge is -2.43. The summed E-state index contributed by atoms with van der Waals surface area (Å²) in [5.74, 6) is 5.31. The number of aliphatic hydroxyl groups is 1. The SMILES string of the molecule is CCCCCC[C@@](O)(c1ccccc1)[C@@H]1CCCN(C(=O)N[C@H](CN)CC2CCCCC2)C1.CCOCCCC[C@@H](c1ccccc1)[C@@H]1CCCN(C(=O)N[C@H](CN)CC2CCCCC2)C1.CNC[C@H](CC1CCCCC1)NC(=O)N1CCC[C@@H]([C@@H](CCCCOC)c2ccccc2)C1.CNC[C@H](CC1CCCCC1)NC(=O)N1CCC[C@@H]([C@@H](OCCCOC)c2ccccc2)C1. The van der Waals surface area contributed by atoms with Crippen LogP contribution < -0.4 is 43.4 Å². The lowest BCUT2D eigenvalue weighted by Crippen LogP contribution is -2.53. The van der Waals surface area contributed by atoms with Gasteiger partial charge < -0.3 is 87.0 Å². The molecule has 21 nitrogen and oxygen atoms in total. The number of methoxy groups -OCH3 is 2. The van der Waals surface area contributed by atoms with Crippen LogP contribution in [0.4, 0.5) is 19.2 Å². The number of likely N-dealkylation sites (tertiary alicyclic amines) is 4. The molecule has 0 radical (unpaired) electrons. The highest BCUT2D eigenvalue weighted by molar-refractivity contribution is 5.76. The van der Waals surface area contributed by atoms with Gasteiger partial charge in [-0.05, 0) is 206 Å². The Balaban J connectivity index is 0.000000198. The molecule has 4 aliphatic heterocycles. The van der Waals surface area contributed by atoms with E-state index in [1.54, 1.807) is 14.2 Å². The van der Waals surface area contributed by atoms with Crippen molar-refractivity contribution in [1.29, 1.82) is 0 Å². The van der Waals surface area contributed by atoms with Crippen LogP contribution in [0, 0.1) is 47.3 Å². The summed E-state index contributed by atoms with van der Waals surface area (Å²) >= 11 is 0. The highest BCUT2D eigenvalue weighted by Crippen LogP contribution is 2.43. The number of hydrogen-bond donors (Lipinski definition) is 9. The molecular formula is C111H186N12O9. The Bertz CT molecular complexity index is 3500. The van der Waals surface area contributed by atoms with Crippen LogP contribution in [0.5, 0.6) is 0 Å². The molecule has 4 aromatic rings. The third-order valence-corrected chi connectivity index (χ3v) is 30.8. The fraction of sp³-hybridized carbons (Fsp3) is 0.748. The predicted octanol–water partition coefficient (Wildman–Crippen LogP) is 21.6. The summed E-state index contributed by atoms with van der Waals surface area (Å²) < 4.78 is 22.4. The molecule has 12 rings (SSSR count). The molecule has 8 aliphatic rings. The summed E-state index contributed by atoms with van der Waals surface area (Å²) in [5, 5.41) is 31.9. The van der Waals surface area contributed by atoms with E-state index >= 15 is 0 Å². The average Bonchev–Trinajstić information content (AvgIpc) is 0.783. The monoisotopic (exact) mass is 1830 g/mol. The van der Waals surface area contributed by atoms with Crippen molar-refractivity contribution in [3.8, 4) is 0 Å². The summed E-state index contributed by atoms with van der Waals surface area (Å²) in [5.41, 5.74) is 16.3. The van der Waals surface area contributed by atoms with Gasteiger partial charge in [0.2, 0.25) is 0 Å². The van der Waals surface area contributed by atoms with Crippen molar-refractivity contribution in [3.05, 3.63) is 144 Å². The fourth-order valence-corrected chi connectivity index (χ4v) is 23.5. The van der Waals surface area contributed by atoms with E-state index < -0.39 is 5.60 Å². The first kappa shape index (κ1) is 109. The summed E-state index contributed by atoms with van der Waals surface area (Å²) in [6.45, 7) is 17.2. The lowest BCUT2D eigenvalue weighted by molar-refractivity contribution is -0.0557. The number of ether oxygens (including phenoxy) is 4. The first-order valence-electron chi connectivity index (χ1n) is 53.7. The number of benzene rings is 4. The minimum absolute atomic E-state index is 0.00708. The Morgan fingerprint density at radius 1 is 0.394 bits per heavy atom. The Morgan fingerprint density at radius 3 is 1.16 bits per heavy atom. The molecule has 0 aromatic heterocycles. The number of rotatable bonds is 47. The molecule has 744 valence electrons. The second-order valence-corrected chi connectivity index (χ2v) is 40.8. The number of urea groups is 4. The minimum Gasteiger partial charge on any atom is -0.385 e. The highest BCUT2D eigenvalue weighted by atomic mass is 16.5. The zero-order valence-electron chi connectivity index (χ0n) is 83.5. The first-order valence-corrected chi connectivity index (χ1v) is 53.7. The van der Waals surface area contributed by atoms with E-state index in [2.05, 4.69) is 140 Å². The first-order chi connectivity index (χ1) is 64.7. The molecule has 0 unspecified atom stereocenters. The summed E-state index contributed by atoms with van der Waals surface area (Å²) in [4.78, 5) is 61.1. The normalized spacial score (nSPS) is 21.8. The Kier molecular flexibility index (Phi) is 53.5. The van der Waals surface area contributed by atoms with Gasteiger partial charge >= 0.3 is 24.1 Å². The molecule has 12 atom stereocenters. The zero-order valence-corrected chi connectivity index (χ0v) is 83.5. The number of hydrogen-bond acceptors (Lipinski definition) is 13. The maximum absolute atomic E-state index is 13.3. The Labute approximate surface area is 800 Å². The van der Waals surface area contributed by atoms with E-state index in [1.165, 1.54) is 184 Å². The number of amides is 8. The standard InChI is InChI=1S/3C28H47N3O2.C27H45N3O3/c1-29-21-26(20-23-12-5-3-6-13-23)30-28(32)31-18-11-16-25(22-31)27(17-9-10-19-33-2)24-14-7-4-8-15-24;1-2-33-19-10-9-17-27(24-14-7-4-8-15-24)25-16-11-18-31(22-25)28(32)30-26(21-29)20-23-12-5-3-6-13-23;1-2-3-4-11-18-28(33,24-15-9-6-10-16-24)25-17-12-19-31(22-25)27(32)30-26(21-29)20-23-13-7-5-8-14-23;1-28-20-25(19-22-11-5-3-6-12-22)29-27(31)30-16-9-15-24(21-30)26(33-18-10-17-32-2)23-13-7-4-8-14-23/h4,7-8,14-15,23,25-27,29H,3,5-6,9-13,16-22H2,1-2H3,(H,30,32);4,7-8,14-15,23,25-27H,2-3,5-6,9-13,16-22,29H2,1H3,(H,30,32);6,9-10,15-16,23,25-26,33H,2-5,7-8,11-14,17-22,29H2,1H3,(H,30,32);4,7-8,13-14,22,24-26,28H,3,5-6,9-12,15-21H2,1-2H3,(H,29,31)/t2*25-,26+,27+;25-,26+,28-;24-,25+,26+/m1111/s1. The predicted molar refractivity (Wildman–Crippen MR) is 542 cm³/mol. The van der Waals surface area contributed by atoms with Crippen LogP contribution >= 0.6 is 0 Å². The molecule has 4 aliphatic carbocycles. The van der Waals surface area contributed by atoms with Crippen LogP contribution in [0.1, 0.15) is 337 Å². The van der Waals surface area contributed by atoms with Crippen molar-refractivity contribution in [2.45, 2.75) is 344 Å². The van der Waals surface area contributed by atoms with E-state index in [0.29, 0.717) is 68.4 Å². The average molecular weight is 1830 g/mol. The van der Waals surface area contributed by atoms with Crippen molar-refractivity contribution in [2.24, 2.45) is 58.8 Å². The topological polar surface area (TPSA) is 263 Å². The molecule has 11 N–H and O–H groups in total. The van der Waals surface area contributed by atoms with Gasteiger partial charge in [0.25, 0.3) is 0 Å². The molecule has 0 bridgehead atoms. The molecule has 4 saturated heterocycles. The fourth-order valence-electron chi connectivity index (χ4n) is 23.5. The highest BCUT2D eigenvalue weighted by Gasteiger charge is 2.43. The molecule has 4 aromatic carbocycles. The third kappa shape index (κ3) is 39.2. The lowest BCUT2D eigenvalue weighted by atomic mass is 9.74. The Morgan fingerprint density at radius 2 is 0.758 bits per heavy atom. The number of carbonyl (C=O) groups is 4. The van der Waals surface area contributed by atoms with Crippen molar-refractivity contribution in [2.75, 3.05) is 140 Å². The molecule has 132 heavy (non-hydrogen) atoms. The number of nitrogens with two attached hydrogens (primary N) is 2. The van der Waals surface area contributed by atoms with Gasteiger partial charge in [-0.3, -0.25) is 0 Å². The number of nitrogens with zero attached hydrogens (tertiary/aromatic N) is 4. The maximum Gasteiger partial charge on any atom is 0.317 e. The van der Waals surface area contributed by atoms with Gasteiger partial charge in [0, 0.05) is 162 Å². The summed E-state index contributed by atoms with van der Waals surface area (Å²) in [6, 6.07) is 43.3. The van der Waals surface area contributed by atoms with Crippen molar-refractivity contribution < 1.29 is 43.2 Å². The van der Waals surface area contributed by atoms with Crippen LogP contribution in [-0.4, -0.2) is 213 Å². The zero-order chi connectivity index (χ0) is 93.4. The summed E-state index contributed by atoms with van der Waals surface area (Å²) in [7, 11) is 7.47. The van der Waals surface area contributed by atoms with Crippen LogP contribution in [0.25, 0.3) is 0 Å². The van der Waals surface area contributed by atoms with E-state index in [4.69, 9.17) is 30.4 Å². The molecule has 0 spiro atoms. The molecule has 8 amide bonds. The molecular weight excluding hydrogens is 1650 g/mol. The maximum atomic E-state index is 13.3. The molecule has 8 fully saturated rings. The van der Waals surface area contributed by atoms with E-state index in [0.717, 1.165) is 218 Å². The second-order valence-electron chi connectivity index (χ2n) is 40.8. The van der Waals surface area contributed by atoms with Crippen molar-refractivity contribution in [3.63, 3.8) is 0 Å². The molecule has 21 heteroatoms. The van der Waals surface area contributed by atoms with Crippen LogP contribution in [0.15, 0.2) is 121 Å². The van der Waals surface area contributed by atoms with Crippen molar-refractivity contribution >= 4 is 24.1 Å². The van der Waals surface area contributed by atoms with Gasteiger partial charge in [-0.15, -0.1) is 0 Å². The third-order valence-electron chi connectivity index (χ3n) is 30.8. The minimum atomic E-state index is -0.886. The van der Waals surface area contributed by atoms with Gasteiger partial charge in [0.1, 0.15) is 0 Å². The van der Waals surface area contributed by atoms with Gasteiger partial charge in [0.15, 0.2) is 0 Å². The van der Waals surface area contributed by atoms with E-state index in [-0.39, 0.29) is 60.3 Å². The van der Waals surface area contributed by atoms with Gasteiger partial charge in [0.05, 0.1) is 11.7 Å². The quantitative estimate of drug-likeness (QED) is 0.0187. The smallest absolute Gasteiger partial charge is 0.317 e. The Hall–Kier alpha value is -6.40. The largest absolute Gasteiger partial charge is 0.385 e. The van der Waals surface area contributed by atoms with Crippen LogP contribution in [0.3, 0.4) is 0 Å². The van der Waals surface area contributed by atoms with Gasteiger partial charge in [-0.1, -0.05) is 295 Å². The molecule has 4 heterocycles. The van der Waals surface area contributed by atoms with E-state index in [1.807, 2.05) is 60.3 Å². The number of carbonyl (C=O) groups excluding carboxylic acids is 4. The number of likely N-dealkylation sites (N-methyl/N-ethyl adjacent to an activating group) is 2. The van der Waals surface area contributed by atoms with Crippen LogP contribution in [-0.2, 0) is 24.5 Å². The summed E-state index contributed by atoms with van der Waals surface area (Å²) in [6.07, 6.45) is 52.3. The van der Waals surface area contributed by atoms with Gasteiger partial charge in [-0.25, -0.2) is 19.2 Å². The number of piperidine rings is 4. The number of unbranched alkanes of at least 4 members (excludes halogenated alkanes) is 5. The number of nitrogens with one attached hydrogen (secondary N) is 6.